The third-order valence-electron chi connectivity index (χ3n) is 3.95. The lowest BCUT2D eigenvalue weighted by Crippen LogP contribution is -2.43. The minimum atomic E-state index is 0.0355. The SMILES string of the molecule is COCCCNC(=O)C1CCN(C(=O)Cc2cccs2)CC1. The quantitative estimate of drug-likeness (QED) is 0.777. The van der Waals surface area contributed by atoms with Gasteiger partial charge in [0.05, 0.1) is 6.42 Å². The van der Waals surface area contributed by atoms with Gasteiger partial charge in [0.2, 0.25) is 11.8 Å². The van der Waals surface area contributed by atoms with Crippen molar-refractivity contribution in [2.45, 2.75) is 25.7 Å². The molecule has 1 aliphatic rings. The van der Waals surface area contributed by atoms with Crippen LogP contribution in [-0.2, 0) is 20.7 Å². The average Bonchev–Trinajstić information content (AvgIpc) is 3.04. The van der Waals surface area contributed by atoms with Gasteiger partial charge in [-0.15, -0.1) is 11.3 Å². The monoisotopic (exact) mass is 324 g/mol. The lowest BCUT2D eigenvalue weighted by molar-refractivity contribution is -0.135. The molecule has 1 aromatic rings. The second-order valence-electron chi connectivity index (χ2n) is 5.55. The van der Waals surface area contributed by atoms with Crippen molar-refractivity contribution in [1.29, 1.82) is 0 Å². The Balaban J connectivity index is 1.68. The average molecular weight is 324 g/mol. The molecule has 0 aliphatic carbocycles. The molecular formula is C16H24N2O3S. The number of amides is 2. The first-order valence-electron chi connectivity index (χ1n) is 7.77. The molecule has 1 saturated heterocycles. The standard InChI is InChI=1S/C16H24N2O3S/c1-21-10-3-7-17-16(20)13-5-8-18(9-6-13)15(19)12-14-4-2-11-22-14/h2,4,11,13H,3,5-10,12H2,1H3,(H,17,20). The number of nitrogens with one attached hydrogen (secondary N) is 1. The highest BCUT2D eigenvalue weighted by Gasteiger charge is 2.27. The maximum absolute atomic E-state index is 12.2. The van der Waals surface area contributed by atoms with Gasteiger partial charge in [-0.25, -0.2) is 0 Å². The zero-order chi connectivity index (χ0) is 15.8. The first kappa shape index (κ1) is 17.0. The molecule has 122 valence electrons. The predicted molar refractivity (Wildman–Crippen MR) is 86.8 cm³/mol. The lowest BCUT2D eigenvalue weighted by Gasteiger charge is -2.31. The summed E-state index contributed by atoms with van der Waals surface area (Å²) in [4.78, 5) is 27.2. The summed E-state index contributed by atoms with van der Waals surface area (Å²) < 4.78 is 4.96. The van der Waals surface area contributed by atoms with E-state index in [1.807, 2.05) is 22.4 Å². The summed E-state index contributed by atoms with van der Waals surface area (Å²) in [5, 5.41) is 4.94. The van der Waals surface area contributed by atoms with Crippen LogP contribution in [0.3, 0.4) is 0 Å². The van der Waals surface area contributed by atoms with E-state index in [0.717, 1.165) is 24.1 Å². The van der Waals surface area contributed by atoms with Crippen molar-refractivity contribution in [2.75, 3.05) is 33.4 Å². The first-order valence-corrected chi connectivity index (χ1v) is 8.65. The molecule has 0 atom stereocenters. The Bertz CT molecular complexity index is 468. The van der Waals surface area contributed by atoms with Crippen LogP contribution in [0.2, 0.25) is 0 Å². The highest BCUT2D eigenvalue weighted by atomic mass is 32.1. The molecule has 1 aromatic heterocycles. The van der Waals surface area contributed by atoms with E-state index in [2.05, 4.69) is 5.32 Å². The molecule has 0 radical (unpaired) electrons. The van der Waals surface area contributed by atoms with Crippen molar-refractivity contribution in [2.24, 2.45) is 5.92 Å². The van der Waals surface area contributed by atoms with Crippen molar-refractivity contribution in [3.8, 4) is 0 Å². The van der Waals surface area contributed by atoms with Crippen LogP contribution in [0.25, 0.3) is 0 Å². The molecule has 5 nitrogen and oxygen atoms in total. The summed E-state index contributed by atoms with van der Waals surface area (Å²) >= 11 is 1.61. The Hall–Kier alpha value is -1.40. The lowest BCUT2D eigenvalue weighted by atomic mass is 9.95. The number of carbonyl (C=O) groups excluding carboxylic acids is 2. The molecule has 2 rings (SSSR count). The van der Waals surface area contributed by atoms with Crippen molar-refractivity contribution in [1.82, 2.24) is 10.2 Å². The van der Waals surface area contributed by atoms with Gasteiger partial charge in [0, 0.05) is 44.1 Å². The predicted octanol–water partition coefficient (Wildman–Crippen LogP) is 1.68. The van der Waals surface area contributed by atoms with E-state index in [0.29, 0.717) is 32.7 Å². The summed E-state index contributed by atoms with van der Waals surface area (Å²) in [6.07, 6.45) is 2.82. The molecule has 0 aromatic carbocycles. The highest BCUT2D eigenvalue weighted by Crippen LogP contribution is 2.19. The van der Waals surface area contributed by atoms with Crippen LogP contribution in [0.5, 0.6) is 0 Å². The second kappa shape index (κ2) is 8.90. The zero-order valence-corrected chi connectivity index (χ0v) is 13.9. The number of thiophene rings is 1. The van der Waals surface area contributed by atoms with Crippen LogP contribution < -0.4 is 5.32 Å². The Labute approximate surface area is 135 Å². The van der Waals surface area contributed by atoms with Gasteiger partial charge < -0.3 is 15.0 Å². The Morgan fingerprint density at radius 2 is 2.18 bits per heavy atom. The van der Waals surface area contributed by atoms with Gasteiger partial charge >= 0.3 is 0 Å². The topological polar surface area (TPSA) is 58.6 Å². The maximum Gasteiger partial charge on any atom is 0.227 e. The minimum Gasteiger partial charge on any atom is -0.385 e. The third kappa shape index (κ3) is 5.10. The number of ether oxygens (including phenoxy) is 1. The van der Waals surface area contributed by atoms with Gasteiger partial charge in [-0.05, 0) is 30.7 Å². The normalized spacial score (nSPS) is 15.8. The van der Waals surface area contributed by atoms with E-state index in [1.165, 1.54) is 0 Å². The van der Waals surface area contributed by atoms with Crippen LogP contribution in [-0.4, -0.2) is 50.1 Å². The van der Waals surface area contributed by atoms with Gasteiger partial charge in [-0.2, -0.15) is 0 Å². The van der Waals surface area contributed by atoms with E-state index in [4.69, 9.17) is 4.74 Å². The van der Waals surface area contributed by atoms with Crippen molar-refractivity contribution in [3.63, 3.8) is 0 Å². The maximum atomic E-state index is 12.2. The first-order chi connectivity index (χ1) is 10.7. The molecule has 1 aliphatic heterocycles. The number of nitrogens with zero attached hydrogens (tertiary/aromatic N) is 1. The number of methoxy groups -OCH3 is 1. The number of likely N-dealkylation sites (tertiary alicyclic amines) is 1. The molecule has 0 unspecified atom stereocenters. The fourth-order valence-electron chi connectivity index (χ4n) is 2.64. The summed E-state index contributed by atoms with van der Waals surface area (Å²) in [5.41, 5.74) is 0. The molecule has 1 N–H and O–H groups in total. The largest absolute Gasteiger partial charge is 0.385 e. The van der Waals surface area contributed by atoms with Crippen LogP contribution in [0.1, 0.15) is 24.1 Å². The van der Waals surface area contributed by atoms with Gasteiger partial charge in [0.1, 0.15) is 0 Å². The van der Waals surface area contributed by atoms with Gasteiger partial charge in [0.15, 0.2) is 0 Å². The van der Waals surface area contributed by atoms with Crippen LogP contribution in [0, 0.1) is 5.92 Å². The minimum absolute atomic E-state index is 0.0355. The number of rotatable bonds is 7. The van der Waals surface area contributed by atoms with Crippen molar-refractivity contribution >= 4 is 23.2 Å². The fraction of sp³-hybridized carbons (Fsp3) is 0.625. The highest BCUT2D eigenvalue weighted by molar-refractivity contribution is 7.10. The molecule has 0 saturated carbocycles. The molecule has 6 heteroatoms. The Morgan fingerprint density at radius 1 is 1.41 bits per heavy atom. The molecular weight excluding hydrogens is 300 g/mol. The van der Waals surface area contributed by atoms with Crippen molar-refractivity contribution < 1.29 is 14.3 Å². The van der Waals surface area contributed by atoms with E-state index in [9.17, 15) is 9.59 Å². The second-order valence-corrected chi connectivity index (χ2v) is 6.58. The third-order valence-corrected chi connectivity index (χ3v) is 4.82. The summed E-state index contributed by atoms with van der Waals surface area (Å²) in [6, 6.07) is 3.95. The molecule has 0 bridgehead atoms. The number of piperidine rings is 1. The number of hydrogen-bond donors (Lipinski definition) is 1. The molecule has 22 heavy (non-hydrogen) atoms. The van der Waals surface area contributed by atoms with E-state index in [1.54, 1.807) is 18.4 Å². The van der Waals surface area contributed by atoms with E-state index < -0.39 is 0 Å². The Kier molecular flexibility index (Phi) is 6.86. The van der Waals surface area contributed by atoms with Gasteiger partial charge in [-0.1, -0.05) is 6.07 Å². The van der Waals surface area contributed by atoms with E-state index >= 15 is 0 Å². The van der Waals surface area contributed by atoms with E-state index in [-0.39, 0.29) is 17.7 Å². The van der Waals surface area contributed by atoms with Crippen LogP contribution >= 0.6 is 11.3 Å². The van der Waals surface area contributed by atoms with Gasteiger partial charge in [0.25, 0.3) is 0 Å². The molecule has 2 amide bonds. The summed E-state index contributed by atoms with van der Waals surface area (Å²) in [7, 11) is 1.66. The molecule has 1 fully saturated rings. The van der Waals surface area contributed by atoms with Crippen molar-refractivity contribution in [3.05, 3.63) is 22.4 Å². The fourth-order valence-corrected chi connectivity index (χ4v) is 3.33. The smallest absolute Gasteiger partial charge is 0.227 e. The molecule has 0 spiro atoms. The summed E-state index contributed by atoms with van der Waals surface area (Å²) in [5.74, 6) is 0.316. The van der Waals surface area contributed by atoms with Gasteiger partial charge in [-0.3, -0.25) is 9.59 Å². The summed E-state index contributed by atoms with van der Waals surface area (Å²) in [6.45, 7) is 2.68. The molecule has 2 heterocycles. The van der Waals surface area contributed by atoms with Crippen LogP contribution in [0.15, 0.2) is 17.5 Å². The number of carbonyl (C=O) groups is 2. The number of hydrogen-bond acceptors (Lipinski definition) is 4. The van der Waals surface area contributed by atoms with Crippen LogP contribution in [0.4, 0.5) is 0 Å². The zero-order valence-electron chi connectivity index (χ0n) is 13.0. The Morgan fingerprint density at radius 3 is 2.82 bits per heavy atom.